The molecular weight excluding hydrogens is 230 g/mol. The minimum atomic E-state index is 0.108. The molecule has 1 fully saturated rings. The van der Waals surface area contributed by atoms with E-state index in [4.69, 9.17) is 0 Å². The molecule has 0 saturated carbocycles. The van der Waals surface area contributed by atoms with Crippen molar-refractivity contribution in [2.45, 2.75) is 19.9 Å². The van der Waals surface area contributed by atoms with Gasteiger partial charge in [0, 0.05) is 16.8 Å². The molecule has 3 rings (SSSR count). The first kappa shape index (κ1) is 12.0. The third-order valence-electron chi connectivity index (χ3n) is 4.13. The summed E-state index contributed by atoms with van der Waals surface area (Å²) in [4.78, 5) is 2.34. The maximum atomic E-state index is 4.27. The Bertz CT molecular complexity index is 584. The minimum absolute atomic E-state index is 0.108. The summed E-state index contributed by atoms with van der Waals surface area (Å²) in [5.41, 5.74) is 3.87. The van der Waals surface area contributed by atoms with Gasteiger partial charge < -0.3 is 4.90 Å². The van der Waals surface area contributed by atoms with E-state index in [-0.39, 0.29) is 5.41 Å². The van der Waals surface area contributed by atoms with E-state index in [1.165, 1.54) is 16.9 Å². The van der Waals surface area contributed by atoms with Gasteiger partial charge in [-0.2, -0.15) is 0 Å². The Balaban J connectivity index is 2.03. The van der Waals surface area contributed by atoms with Crippen LogP contribution in [-0.2, 0) is 0 Å². The Morgan fingerprint density at radius 2 is 1.42 bits per heavy atom. The van der Waals surface area contributed by atoms with Crippen molar-refractivity contribution in [3.05, 3.63) is 78.5 Å². The Morgan fingerprint density at radius 1 is 0.895 bits per heavy atom. The van der Waals surface area contributed by atoms with Crippen molar-refractivity contribution in [1.29, 1.82) is 0 Å². The molecule has 1 unspecified atom stereocenters. The second kappa shape index (κ2) is 4.27. The van der Waals surface area contributed by atoms with E-state index >= 15 is 0 Å². The van der Waals surface area contributed by atoms with Crippen molar-refractivity contribution in [2.75, 3.05) is 4.90 Å². The molecule has 0 spiro atoms. The smallest absolute Gasteiger partial charge is 0.0693 e. The van der Waals surface area contributed by atoms with Gasteiger partial charge >= 0.3 is 0 Å². The van der Waals surface area contributed by atoms with E-state index in [2.05, 4.69) is 86.0 Å². The molecule has 0 radical (unpaired) electrons. The Hall–Kier alpha value is -2.02. The van der Waals surface area contributed by atoms with E-state index in [1.54, 1.807) is 0 Å². The second-order valence-corrected chi connectivity index (χ2v) is 5.69. The van der Waals surface area contributed by atoms with Crippen molar-refractivity contribution in [1.82, 2.24) is 0 Å². The van der Waals surface area contributed by atoms with E-state index in [1.807, 2.05) is 0 Å². The third kappa shape index (κ3) is 1.77. The molecule has 1 heteroatoms. The van der Waals surface area contributed by atoms with Gasteiger partial charge in [-0.05, 0) is 17.7 Å². The summed E-state index contributed by atoms with van der Waals surface area (Å²) in [5.74, 6) is 0. The number of rotatable bonds is 2. The summed E-state index contributed by atoms with van der Waals surface area (Å²) in [6.07, 6.45) is 0. The van der Waals surface area contributed by atoms with Crippen molar-refractivity contribution < 1.29 is 0 Å². The van der Waals surface area contributed by atoms with Gasteiger partial charge in [-0.1, -0.05) is 69.0 Å². The van der Waals surface area contributed by atoms with Crippen molar-refractivity contribution in [2.24, 2.45) is 5.41 Å². The molecule has 1 aliphatic heterocycles. The molecule has 1 saturated heterocycles. The second-order valence-electron chi connectivity index (χ2n) is 5.69. The summed E-state index contributed by atoms with van der Waals surface area (Å²) >= 11 is 0. The first-order valence-corrected chi connectivity index (χ1v) is 6.71. The Labute approximate surface area is 115 Å². The lowest BCUT2D eigenvalue weighted by Gasteiger charge is -2.57. The van der Waals surface area contributed by atoms with Crippen LogP contribution in [-0.4, -0.2) is 0 Å². The minimum Gasteiger partial charge on any atom is -0.337 e. The molecule has 1 nitrogen and oxygen atoms in total. The summed E-state index contributed by atoms with van der Waals surface area (Å²) in [5, 5.41) is 0. The van der Waals surface area contributed by atoms with E-state index < -0.39 is 0 Å². The summed E-state index contributed by atoms with van der Waals surface area (Å²) < 4.78 is 0. The molecule has 0 aliphatic carbocycles. The van der Waals surface area contributed by atoms with E-state index in [9.17, 15) is 0 Å². The largest absolute Gasteiger partial charge is 0.337 e. The van der Waals surface area contributed by atoms with Gasteiger partial charge in [0.1, 0.15) is 0 Å². The first-order chi connectivity index (χ1) is 9.12. The average molecular weight is 249 g/mol. The molecule has 96 valence electrons. The fourth-order valence-electron chi connectivity index (χ4n) is 2.98. The highest BCUT2D eigenvalue weighted by atomic mass is 15.3. The number of benzene rings is 2. The average Bonchev–Trinajstić information content (AvgIpc) is 2.45. The van der Waals surface area contributed by atoms with Gasteiger partial charge in [-0.3, -0.25) is 0 Å². The lowest BCUT2D eigenvalue weighted by atomic mass is 9.68. The normalized spacial score (nSPS) is 21.1. The number of hydrogen-bond acceptors (Lipinski definition) is 1. The van der Waals surface area contributed by atoms with E-state index in [0.717, 1.165) is 0 Å². The molecule has 2 aromatic carbocycles. The van der Waals surface area contributed by atoms with Crippen LogP contribution in [0.5, 0.6) is 0 Å². The molecule has 1 atom stereocenters. The van der Waals surface area contributed by atoms with E-state index in [0.29, 0.717) is 6.04 Å². The van der Waals surface area contributed by atoms with Crippen LogP contribution in [0.1, 0.15) is 25.5 Å². The van der Waals surface area contributed by atoms with Gasteiger partial charge in [0.25, 0.3) is 0 Å². The maximum absolute atomic E-state index is 4.27. The van der Waals surface area contributed by atoms with Crippen molar-refractivity contribution >= 4 is 5.69 Å². The number of nitrogens with zero attached hydrogens (tertiary/aromatic N) is 1. The summed E-state index contributed by atoms with van der Waals surface area (Å²) in [6, 6.07) is 21.6. The molecule has 1 aliphatic rings. The number of hydrogen-bond donors (Lipinski definition) is 0. The molecule has 0 amide bonds. The van der Waals surface area contributed by atoms with Gasteiger partial charge in [0.2, 0.25) is 0 Å². The van der Waals surface area contributed by atoms with Crippen LogP contribution in [0, 0.1) is 5.41 Å². The summed E-state index contributed by atoms with van der Waals surface area (Å²) in [7, 11) is 0. The van der Waals surface area contributed by atoms with Gasteiger partial charge in [0.05, 0.1) is 6.04 Å². The zero-order valence-corrected chi connectivity index (χ0v) is 11.5. The van der Waals surface area contributed by atoms with Gasteiger partial charge in [-0.25, -0.2) is 0 Å². The van der Waals surface area contributed by atoms with Crippen LogP contribution >= 0.6 is 0 Å². The molecule has 2 aromatic rings. The molecular formula is C18H19N. The highest BCUT2D eigenvalue weighted by Gasteiger charge is 2.50. The standard InChI is InChI=1S/C18H19N/c1-14-18(2,3)17(15-10-6-4-7-11-15)19(14)16-12-8-5-9-13-16/h4-13,17H,1H2,2-3H3. The SMILES string of the molecule is C=C1N(c2ccccc2)C(c2ccccc2)C1(C)C. The molecule has 0 bridgehead atoms. The van der Waals surface area contributed by atoms with Crippen LogP contribution in [0.15, 0.2) is 72.9 Å². The van der Waals surface area contributed by atoms with Crippen molar-refractivity contribution in [3.63, 3.8) is 0 Å². The van der Waals surface area contributed by atoms with Crippen LogP contribution in [0.25, 0.3) is 0 Å². The Kier molecular flexibility index (Phi) is 2.70. The van der Waals surface area contributed by atoms with Gasteiger partial charge in [0.15, 0.2) is 0 Å². The van der Waals surface area contributed by atoms with Crippen LogP contribution in [0.2, 0.25) is 0 Å². The lowest BCUT2D eigenvalue weighted by Crippen LogP contribution is -2.53. The molecule has 0 aromatic heterocycles. The predicted molar refractivity (Wildman–Crippen MR) is 81.0 cm³/mol. The molecule has 0 N–H and O–H groups in total. The highest BCUT2D eigenvalue weighted by molar-refractivity contribution is 5.62. The number of para-hydroxylation sites is 1. The van der Waals surface area contributed by atoms with Crippen molar-refractivity contribution in [3.8, 4) is 0 Å². The quantitative estimate of drug-likeness (QED) is 0.739. The fourth-order valence-corrected chi connectivity index (χ4v) is 2.98. The fraction of sp³-hybridized carbons (Fsp3) is 0.222. The Morgan fingerprint density at radius 3 is 2.00 bits per heavy atom. The first-order valence-electron chi connectivity index (χ1n) is 6.71. The zero-order chi connectivity index (χ0) is 13.5. The van der Waals surface area contributed by atoms with Gasteiger partial charge in [-0.15, -0.1) is 0 Å². The third-order valence-corrected chi connectivity index (χ3v) is 4.13. The van der Waals surface area contributed by atoms with Crippen LogP contribution in [0.4, 0.5) is 5.69 Å². The monoisotopic (exact) mass is 249 g/mol. The predicted octanol–water partition coefficient (Wildman–Crippen LogP) is 4.79. The molecule has 19 heavy (non-hydrogen) atoms. The number of anilines is 1. The lowest BCUT2D eigenvalue weighted by molar-refractivity contribution is 0.248. The highest BCUT2D eigenvalue weighted by Crippen LogP contribution is 2.57. The summed E-state index contributed by atoms with van der Waals surface area (Å²) in [6.45, 7) is 8.81. The van der Waals surface area contributed by atoms with Crippen LogP contribution < -0.4 is 4.90 Å². The van der Waals surface area contributed by atoms with Crippen LogP contribution in [0.3, 0.4) is 0 Å². The maximum Gasteiger partial charge on any atom is 0.0693 e. The molecule has 1 heterocycles. The topological polar surface area (TPSA) is 3.24 Å². The zero-order valence-electron chi connectivity index (χ0n) is 11.5.